The summed E-state index contributed by atoms with van der Waals surface area (Å²) in [6.07, 6.45) is 1.04. The van der Waals surface area contributed by atoms with Crippen LogP contribution in [0.1, 0.15) is 0 Å². The molecular formula is C11H15ClN2O4S3. The summed E-state index contributed by atoms with van der Waals surface area (Å²) in [4.78, 5) is -0.0510. The standard InChI is InChI=1S/C11H15ClN2O4S3/c1-20(15,16)11-7-19-5-4-14(11)21(17,18)8-2-3-9(12)10(13)6-8/h2-3,6,11H,4-5,7,13H2,1H3. The molecule has 1 unspecified atom stereocenters. The number of halogens is 1. The quantitative estimate of drug-likeness (QED) is 0.798. The summed E-state index contributed by atoms with van der Waals surface area (Å²) in [5.41, 5.74) is 5.77. The first kappa shape index (κ1) is 16.9. The molecule has 1 heterocycles. The first-order valence-electron chi connectivity index (χ1n) is 5.97. The number of benzene rings is 1. The van der Waals surface area contributed by atoms with E-state index in [-0.39, 0.29) is 27.9 Å². The van der Waals surface area contributed by atoms with Crippen LogP contribution in [0, 0.1) is 0 Å². The van der Waals surface area contributed by atoms with Gasteiger partial charge in [-0.1, -0.05) is 11.6 Å². The lowest BCUT2D eigenvalue weighted by molar-refractivity contribution is 0.405. The average molecular weight is 371 g/mol. The van der Waals surface area contributed by atoms with E-state index in [2.05, 4.69) is 0 Å². The van der Waals surface area contributed by atoms with Gasteiger partial charge in [0, 0.05) is 24.3 Å². The largest absolute Gasteiger partial charge is 0.397 e. The van der Waals surface area contributed by atoms with Gasteiger partial charge in [0.05, 0.1) is 15.6 Å². The number of sulfonamides is 1. The van der Waals surface area contributed by atoms with Crippen LogP contribution < -0.4 is 5.73 Å². The van der Waals surface area contributed by atoms with E-state index in [0.717, 1.165) is 10.6 Å². The van der Waals surface area contributed by atoms with Crippen molar-refractivity contribution in [1.29, 1.82) is 0 Å². The van der Waals surface area contributed by atoms with Crippen LogP contribution in [-0.2, 0) is 19.9 Å². The summed E-state index contributed by atoms with van der Waals surface area (Å²) in [6, 6.07) is 3.96. The van der Waals surface area contributed by atoms with Gasteiger partial charge >= 0.3 is 0 Å². The number of nitrogens with two attached hydrogens (primary N) is 1. The van der Waals surface area contributed by atoms with Crippen molar-refractivity contribution in [3.05, 3.63) is 23.2 Å². The third-order valence-electron chi connectivity index (χ3n) is 3.11. The maximum Gasteiger partial charge on any atom is 0.244 e. The fourth-order valence-corrected chi connectivity index (χ4v) is 7.32. The Morgan fingerprint density at radius 1 is 1.33 bits per heavy atom. The second-order valence-corrected chi connectivity index (χ2v) is 10.3. The third-order valence-corrected chi connectivity index (χ3v) is 8.13. The molecule has 0 saturated carbocycles. The van der Waals surface area contributed by atoms with Gasteiger partial charge in [-0.05, 0) is 18.2 Å². The highest BCUT2D eigenvalue weighted by atomic mass is 35.5. The van der Waals surface area contributed by atoms with E-state index in [1.807, 2.05) is 0 Å². The minimum atomic E-state index is -3.93. The van der Waals surface area contributed by atoms with E-state index in [1.165, 1.54) is 30.0 Å². The van der Waals surface area contributed by atoms with E-state index in [4.69, 9.17) is 17.3 Å². The summed E-state index contributed by atoms with van der Waals surface area (Å²) in [5.74, 6) is 0.773. The molecule has 2 N–H and O–H groups in total. The van der Waals surface area contributed by atoms with Gasteiger partial charge in [-0.25, -0.2) is 16.8 Å². The van der Waals surface area contributed by atoms with Crippen LogP contribution >= 0.6 is 23.4 Å². The minimum Gasteiger partial charge on any atom is -0.397 e. The predicted molar refractivity (Wildman–Crippen MR) is 85.7 cm³/mol. The number of nitrogen functional groups attached to an aromatic ring is 1. The van der Waals surface area contributed by atoms with Crippen molar-refractivity contribution >= 4 is 48.9 Å². The number of rotatable bonds is 3. The molecule has 0 aromatic heterocycles. The van der Waals surface area contributed by atoms with Crippen molar-refractivity contribution in [2.45, 2.75) is 10.3 Å². The molecule has 0 bridgehead atoms. The molecule has 6 nitrogen and oxygen atoms in total. The molecule has 10 heteroatoms. The predicted octanol–water partition coefficient (Wildman–Crippen LogP) is 1.03. The minimum absolute atomic E-state index is 0.0510. The fourth-order valence-electron chi connectivity index (χ4n) is 2.00. The number of hydrogen-bond acceptors (Lipinski definition) is 6. The topological polar surface area (TPSA) is 97.5 Å². The second-order valence-electron chi connectivity index (χ2n) is 4.66. The Hall–Kier alpha value is -0.480. The molecule has 1 aromatic carbocycles. The highest BCUT2D eigenvalue weighted by Crippen LogP contribution is 2.29. The van der Waals surface area contributed by atoms with Gasteiger partial charge in [0.25, 0.3) is 0 Å². The van der Waals surface area contributed by atoms with Gasteiger partial charge in [-0.15, -0.1) is 0 Å². The first-order chi connectivity index (χ1) is 9.64. The molecule has 118 valence electrons. The normalized spacial score (nSPS) is 21.3. The van der Waals surface area contributed by atoms with Crippen molar-refractivity contribution in [3.63, 3.8) is 0 Å². The Labute approximate surface area is 133 Å². The van der Waals surface area contributed by atoms with Crippen LogP contribution in [0.25, 0.3) is 0 Å². The monoisotopic (exact) mass is 370 g/mol. The van der Waals surface area contributed by atoms with Gasteiger partial charge in [0.15, 0.2) is 9.84 Å². The zero-order valence-corrected chi connectivity index (χ0v) is 14.4. The molecule has 0 radical (unpaired) electrons. The Morgan fingerprint density at radius 3 is 2.57 bits per heavy atom. The molecule has 2 rings (SSSR count). The van der Waals surface area contributed by atoms with Gasteiger partial charge in [0.2, 0.25) is 10.0 Å². The van der Waals surface area contributed by atoms with E-state index < -0.39 is 25.2 Å². The van der Waals surface area contributed by atoms with E-state index in [0.29, 0.717) is 5.75 Å². The highest BCUT2D eigenvalue weighted by molar-refractivity contribution is 8.01. The first-order valence-corrected chi connectivity index (χ1v) is 10.9. The van der Waals surface area contributed by atoms with Crippen molar-refractivity contribution in [3.8, 4) is 0 Å². The summed E-state index contributed by atoms with van der Waals surface area (Å²) in [6.45, 7) is 0.146. The Bertz CT molecular complexity index is 749. The molecule has 0 amide bonds. The molecule has 1 aromatic rings. The molecular weight excluding hydrogens is 356 g/mol. The molecule has 1 saturated heterocycles. The second kappa shape index (κ2) is 5.96. The Morgan fingerprint density at radius 2 is 2.00 bits per heavy atom. The lowest BCUT2D eigenvalue weighted by Crippen LogP contribution is -2.49. The van der Waals surface area contributed by atoms with Crippen LogP contribution in [0.15, 0.2) is 23.1 Å². The van der Waals surface area contributed by atoms with Gasteiger partial charge in [-0.3, -0.25) is 0 Å². The Balaban J connectivity index is 2.48. The summed E-state index contributed by atoms with van der Waals surface area (Å²) < 4.78 is 50.0. The summed E-state index contributed by atoms with van der Waals surface area (Å²) in [7, 11) is -7.45. The third kappa shape index (κ3) is 3.48. The van der Waals surface area contributed by atoms with Gasteiger partial charge < -0.3 is 5.73 Å². The zero-order chi connectivity index (χ0) is 15.8. The van der Waals surface area contributed by atoms with Crippen molar-refractivity contribution in [2.75, 3.05) is 30.0 Å². The summed E-state index contributed by atoms with van der Waals surface area (Å²) >= 11 is 7.20. The molecule has 1 aliphatic rings. The molecule has 0 spiro atoms. The van der Waals surface area contributed by atoms with Crippen LogP contribution in [0.2, 0.25) is 5.02 Å². The molecule has 0 aliphatic carbocycles. The van der Waals surface area contributed by atoms with Crippen LogP contribution in [0.3, 0.4) is 0 Å². The average Bonchev–Trinajstić information content (AvgIpc) is 2.41. The number of thioether (sulfide) groups is 1. The fraction of sp³-hybridized carbons (Fsp3) is 0.455. The van der Waals surface area contributed by atoms with Crippen LogP contribution in [0.5, 0.6) is 0 Å². The molecule has 1 atom stereocenters. The molecule has 21 heavy (non-hydrogen) atoms. The Kier molecular flexibility index (Phi) is 4.79. The highest BCUT2D eigenvalue weighted by Gasteiger charge is 2.39. The van der Waals surface area contributed by atoms with Crippen molar-refractivity contribution in [1.82, 2.24) is 4.31 Å². The van der Waals surface area contributed by atoms with Gasteiger partial charge in [-0.2, -0.15) is 16.1 Å². The van der Waals surface area contributed by atoms with Crippen molar-refractivity contribution in [2.24, 2.45) is 0 Å². The smallest absolute Gasteiger partial charge is 0.244 e. The lowest BCUT2D eigenvalue weighted by Gasteiger charge is -2.33. The maximum atomic E-state index is 12.7. The number of nitrogens with zero attached hydrogens (tertiary/aromatic N) is 1. The number of anilines is 1. The van der Waals surface area contributed by atoms with Gasteiger partial charge in [0.1, 0.15) is 5.37 Å². The van der Waals surface area contributed by atoms with E-state index in [1.54, 1.807) is 0 Å². The van der Waals surface area contributed by atoms with Crippen LogP contribution in [0.4, 0.5) is 5.69 Å². The van der Waals surface area contributed by atoms with E-state index in [9.17, 15) is 16.8 Å². The molecule has 1 fully saturated rings. The van der Waals surface area contributed by atoms with Crippen molar-refractivity contribution < 1.29 is 16.8 Å². The maximum absolute atomic E-state index is 12.7. The zero-order valence-electron chi connectivity index (χ0n) is 11.2. The number of sulfone groups is 1. The summed E-state index contributed by atoms with van der Waals surface area (Å²) in [5, 5.41) is -0.805. The lowest BCUT2D eigenvalue weighted by atomic mass is 10.3. The number of hydrogen-bond donors (Lipinski definition) is 1. The van der Waals surface area contributed by atoms with E-state index >= 15 is 0 Å². The molecule has 1 aliphatic heterocycles. The SMILES string of the molecule is CS(=O)(=O)C1CSCCN1S(=O)(=O)c1ccc(Cl)c(N)c1. The van der Waals surface area contributed by atoms with Crippen LogP contribution in [-0.4, -0.2) is 50.8 Å².